The highest BCUT2D eigenvalue weighted by Gasteiger charge is 2.30. The Morgan fingerprint density at radius 1 is 1.32 bits per heavy atom. The van der Waals surface area contributed by atoms with Crippen molar-refractivity contribution in [1.29, 1.82) is 0 Å². The lowest BCUT2D eigenvalue weighted by molar-refractivity contribution is -0.0339. The summed E-state index contributed by atoms with van der Waals surface area (Å²) in [5.41, 5.74) is -0.781. The summed E-state index contributed by atoms with van der Waals surface area (Å²) in [6.45, 7) is 0.188. The Hall–Kier alpha value is -1.26. The largest absolute Gasteiger partial charge is 0.491 e. The number of benzene rings is 1. The number of rotatable bonds is 4. The van der Waals surface area contributed by atoms with E-state index in [-0.39, 0.29) is 17.2 Å². The number of carboxylic acids is 1. The maximum atomic E-state index is 11.0. The van der Waals surface area contributed by atoms with Crippen LogP contribution in [0.2, 0.25) is 5.02 Å². The second-order valence-corrected chi connectivity index (χ2v) is 5.43. The molecule has 0 saturated heterocycles. The minimum absolute atomic E-state index is 0.00907. The van der Waals surface area contributed by atoms with Gasteiger partial charge in [-0.25, -0.2) is 4.79 Å². The third-order valence-corrected chi connectivity index (χ3v) is 3.79. The Labute approximate surface area is 117 Å². The van der Waals surface area contributed by atoms with Crippen molar-refractivity contribution in [1.82, 2.24) is 0 Å². The average molecular weight is 285 g/mol. The van der Waals surface area contributed by atoms with Gasteiger partial charge >= 0.3 is 5.97 Å². The summed E-state index contributed by atoms with van der Waals surface area (Å²) >= 11 is 5.78. The molecule has 1 saturated carbocycles. The van der Waals surface area contributed by atoms with Crippen molar-refractivity contribution >= 4 is 17.6 Å². The first-order chi connectivity index (χ1) is 9.00. The predicted molar refractivity (Wildman–Crippen MR) is 71.9 cm³/mol. The van der Waals surface area contributed by atoms with E-state index in [1.165, 1.54) is 12.1 Å². The van der Waals surface area contributed by atoms with Gasteiger partial charge in [-0.1, -0.05) is 30.9 Å². The van der Waals surface area contributed by atoms with Gasteiger partial charge in [0.15, 0.2) is 0 Å². The third kappa shape index (κ3) is 3.61. The molecule has 0 spiro atoms. The molecule has 0 radical (unpaired) electrons. The molecule has 1 aliphatic rings. The SMILES string of the molecule is O=C(O)c1cc(OCC2(O)CCCCC2)ccc1Cl. The summed E-state index contributed by atoms with van der Waals surface area (Å²) in [6.07, 6.45) is 4.60. The fraction of sp³-hybridized carbons (Fsp3) is 0.500. The summed E-state index contributed by atoms with van der Waals surface area (Å²) < 4.78 is 5.52. The van der Waals surface area contributed by atoms with E-state index in [1.54, 1.807) is 6.07 Å². The maximum Gasteiger partial charge on any atom is 0.337 e. The minimum Gasteiger partial charge on any atom is -0.491 e. The fourth-order valence-corrected chi connectivity index (χ4v) is 2.53. The van der Waals surface area contributed by atoms with Crippen molar-refractivity contribution in [3.05, 3.63) is 28.8 Å². The van der Waals surface area contributed by atoms with Crippen LogP contribution in [0.25, 0.3) is 0 Å². The van der Waals surface area contributed by atoms with Crippen molar-refractivity contribution in [2.24, 2.45) is 0 Å². The van der Waals surface area contributed by atoms with Gasteiger partial charge in [0.1, 0.15) is 12.4 Å². The molecule has 2 rings (SSSR count). The molecule has 1 aliphatic carbocycles. The molecule has 5 heteroatoms. The number of aliphatic hydroxyl groups is 1. The van der Waals surface area contributed by atoms with Gasteiger partial charge in [0.2, 0.25) is 0 Å². The van der Waals surface area contributed by atoms with E-state index in [9.17, 15) is 9.90 Å². The molecule has 0 aliphatic heterocycles. The molecule has 2 N–H and O–H groups in total. The van der Waals surface area contributed by atoms with Crippen LogP contribution in [0.3, 0.4) is 0 Å². The first kappa shape index (κ1) is 14.2. The highest BCUT2D eigenvalue weighted by molar-refractivity contribution is 6.33. The van der Waals surface area contributed by atoms with E-state index < -0.39 is 11.6 Å². The van der Waals surface area contributed by atoms with Crippen LogP contribution in [0.5, 0.6) is 5.75 Å². The normalized spacial score (nSPS) is 18.0. The number of carbonyl (C=O) groups is 1. The molecule has 0 atom stereocenters. The molecule has 0 unspecified atom stereocenters. The second kappa shape index (κ2) is 5.80. The molecule has 1 fully saturated rings. The molecule has 4 nitrogen and oxygen atoms in total. The van der Waals surface area contributed by atoms with Crippen LogP contribution in [0.4, 0.5) is 0 Å². The van der Waals surface area contributed by atoms with Gasteiger partial charge < -0.3 is 14.9 Å². The zero-order valence-electron chi connectivity index (χ0n) is 10.6. The third-order valence-electron chi connectivity index (χ3n) is 3.46. The highest BCUT2D eigenvalue weighted by Crippen LogP contribution is 2.29. The maximum absolute atomic E-state index is 11.0. The molecule has 104 valence electrons. The van der Waals surface area contributed by atoms with Crippen molar-refractivity contribution < 1.29 is 19.7 Å². The molecule has 1 aromatic rings. The quantitative estimate of drug-likeness (QED) is 0.891. The van der Waals surface area contributed by atoms with Crippen LogP contribution in [-0.2, 0) is 0 Å². The number of hydrogen-bond acceptors (Lipinski definition) is 3. The Morgan fingerprint density at radius 3 is 2.63 bits per heavy atom. The van der Waals surface area contributed by atoms with Crippen LogP contribution in [0.15, 0.2) is 18.2 Å². The molecule has 0 aromatic heterocycles. The standard InChI is InChI=1S/C14H17ClO4/c15-12-5-4-10(8-11(12)13(16)17)19-9-14(18)6-2-1-3-7-14/h4-5,8,18H,1-3,6-7,9H2,(H,16,17). The molecular weight excluding hydrogens is 268 g/mol. The Balaban J connectivity index is 2.03. The van der Waals surface area contributed by atoms with Crippen molar-refractivity contribution in [3.63, 3.8) is 0 Å². The number of carboxylic acid groups (broad SMARTS) is 1. The van der Waals surface area contributed by atoms with Crippen molar-refractivity contribution in [3.8, 4) is 5.75 Å². The van der Waals surface area contributed by atoms with Crippen molar-refractivity contribution in [2.75, 3.05) is 6.61 Å². The van der Waals surface area contributed by atoms with Crippen LogP contribution in [-0.4, -0.2) is 28.4 Å². The zero-order valence-corrected chi connectivity index (χ0v) is 11.3. The second-order valence-electron chi connectivity index (χ2n) is 5.02. The molecule has 19 heavy (non-hydrogen) atoms. The van der Waals surface area contributed by atoms with E-state index in [1.807, 2.05) is 0 Å². The molecule has 0 bridgehead atoms. The van der Waals surface area contributed by atoms with E-state index >= 15 is 0 Å². The smallest absolute Gasteiger partial charge is 0.337 e. The minimum atomic E-state index is -1.09. The van der Waals surface area contributed by atoms with Gasteiger partial charge in [-0.2, -0.15) is 0 Å². The fourth-order valence-electron chi connectivity index (χ4n) is 2.33. The molecular formula is C14H17ClO4. The van der Waals surface area contributed by atoms with Crippen molar-refractivity contribution in [2.45, 2.75) is 37.7 Å². The number of aromatic carboxylic acids is 1. The lowest BCUT2D eigenvalue weighted by Gasteiger charge is -2.31. The van der Waals surface area contributed by atoms with Gasteiger partial charge in [0, 0.05) is 0 Å². The summed E-state index contributed by atoms with van der Waals surface area (Å²) in [5, 5.41) is 19.4. The first-order valence-electron chi connectivity index (χ1n) is 6.38. The monoisotopic (exact) mass is 284 g/mol. The highest BCUT2D eigenvalue weighted by atomic mass is 35.5. The molecule has 0 heterocycles. The summed E-state index contributed by atoms with van der Waals surface area (Å²) in [6, 6.07) is 4.49. The van der Waals surface area contributed by atoms with Crippen LogP contribution < -0.4 is 4.74 Å². The summed E-state index contributed by atoms with van der Waals surface area (Å²) in [7, 11) is 0. The van der Waals surface area contributed by atoms with Gasteiger partial charge in [-0.05, 0) is 31.0 Å². The Kier molecular flexibility index (Phi) is 4.32. The van der Waals surface area contributed by atoms with E-state index in [2.05, 4.69) is 0 Å². The van der Waals surface area contributed by atoms with Gasteiger partial charge in [-0.15, -0.1) is 0 Å². The van der Waals surface area contributed by atoms with Gasteiger partial charge in [0.25, 0.3) is 0 Å². The number of hydrogen-bond donors (Lipinski definition) is 2. The molecule has 1 aromatic carbocycles. The Morgan fingerprint density at radius 2 is 2.00 bits per heavy atom. The molecule has 0 amide bonds. The van der Waals surface area contributed by atoms with E-state index in [0.29, 0.717) is 5.75 Å². The van der Waals surface area contributed by atoms with Crippen LogP contribution in [0, 0.1) is 0 Å². The van der Waals surface area contributed by atoms with Gasteiger partial charge in [-0.3, -0.25) is 0 Å². The number of ether oxygens (including phenoxy) is 1. The van der Waals surface area contributed by atoms with Crippen LogP contribution >= 0.6 is 11.6 Å². The van der Waals surface area contributed by atoms with E-state index in [4.69, 9.17) is 21.4 Å². The van der Waals surface area contributed by atoms with Crippen LogP contribution in [0.1, 0.15) is 42.5 Å². The summed E-state index contributed by atoms with van der Waals surface area (Å²) in [5.74, 6) is -0.673. The Bertz CT molecular complexity index is 467. The van der Waals surface area contributed by atoms with E-state index in [0.717, 1.165) is 32.1 Å². The average Bonchev–Trinajstić information content (AvgIpc) is 2.38. The number of halogens is 1. The lowest BCUT2D eigenvalue weighted by atomic mass is 9.85. The topological polar surface area (TPSA) is 66.8 Å². The summed E-state index contributed by atoms with van der Waals surface area (Å²) in [4.78, 5) is 11.0. The zero-order chi connectivity index (χ0) is 13.9. The van der Waals surface area contributed by atoms with Gasteiger partial charge in [0.05, 0.1) is 16.2 Å². The first-order valence-corrected chi connectivity index (χ1v) is 6.76. The predicted octanol–water partition coefficient (Wildman–Crippen LogP) is 3.11. The lowest BCUT2D eigenvalue weighted by Crippen LogP contribution is -2.37.